The molecule has 126 valence electrons. The zero-order valence-electron chi connectivity index (χ0n) is 12.6. The number of carbonyl (C=O) groups excluding carboxylic acids is 2. The van der Waals surface area contributed by atoms with Gasteiger partial charge in [-0.1, -0.05) is 0 Å². The van der Waals surface area contributed by atoms with Crippen molar-refractivity contribution in [2.45, 2.75) is 6.42 Å². The Morgan fingerprint density at radius 3 is 2.57 bits per heavy atom. The van der Waals surface area contributed by atoms with Crippen LogP contribution in [0.3, 0.4) is 0 Å². The van der Waals surface area contributed by atoms with Crippen LogP contribution in [0.15, 0.2) is 24.3 Å². The lowest BCUT2D eigenvalue weighted by molar-refractivity contribution is -0.126. The lowest BCUT2D eigenvalue weighted by Crippen LogP contribution is -2.38. The lowest BCUT2D eigenvalue weighted by Gasteiger charge is -2.16. The third-order valence-electron chi connectivity index (χ3n) is 3.42. The number of halogens is 1. The molecule has 1 aromatic carbocycles. The molecule has 2 amide bonds. The van der Waals surface area contributed by atoms with E-state index in [4.69, 9.17) is 0 Å². The van der Waals surface area contributed by atoms with Crippen LogP contribution in [0.25, 0.3) is 0 Å². The van der Waals surface area contributed by atoms with Crippen molar-refractivity contribution in [2.75, 3.05) is 30.8 Å². The average molecular weight is 343 g/mol. The molecule has 0 aliphatic carbocycles. The number of carbonyl (C=O) groups is 2. The minimum atomic E-state index is -3.29. The minimum Gasteiger partial charge on any atom is -0.354 e. The lowest BCUT2D eigenvalue weighted by atomic mass is 10.1. The van der Waals surface area contributed by atoms with E-state index in [1.165, 1.54) is 29.2 Å². The summed E-state index contributed by atoms with van der Waals surface area (Å²) in [6.45, 7) is 0.454. The molecule has 0 aromatic heterocycles. The van der Waals surface area contributed by atoms with Crippen molar-refractivity contribution >= 4 is 27.5 Å². The fourth-order valence-corrected chi connectivity index (χ4v) is 2.79. The number of hydrogen-bond donors (Lipinski definition) is 2. The molecule has 1 aliphatic heterocycles. The van der Waals surface area contributed by atoms with Crippen molar-refractivity contribution < 1.29 is 22.4 Å². The highest BCUT2D eigenvalue weighted by molar-refractivity contribution is 7.88. The topological polar surface area (TPSA) is 95.6 Å². The molecule has 1 atom stereocenters. The zero-order valence-corrected chi connectivity index (χ0v) is 13.4. The molecule has 7 nitrogen and oxygen atoms in total. The van der Waals surface area contributed by atoms with E-state index < -0.39 is 21.8 Å². The number of nitrogens with one attached hydrogen (secondary N) is 2. The molecule has 1 aromatic rings. The van der Waals surface area contributed by atoms with Gasteiger partial charge in [0.15, 0.2) is 0 Å². The van der Waals surface area contributed by atoms with Crippen LogP contribution in [0.2, 0.25) is 0 Å². The molecule has 1 fully saturated rings. The number of hydrogen-bond acceptors (Lipinski definition) is 4. The fraction of sp³-hybridized carbons (Fsp3) is 0.429. The highest BCUT2D eigenvalue weighted by Crippen LogP contribution is 2.25. The molecule has 0 spiro atoms. The van der Waals surface area contributed by atoms with Crippen LogP contribution < -0.4 is 14.9 Å². The van der Waals surface area contributed by atoms with Gasteiger partial charge in [0.05, 0.1) is 12.2 Å². The number of amides is 2. The van der Waals surface area contributed by atoms with Crippen LogP contribution in [0.4, 0.5) is 10.1 Å². The second-order valence-electron chi connectivity index (χ2n) is 5.34. The molecule has 9 heteroatoms. The van der Waals surface area contributed by atoms with Crippen LogP contribution in [0.1, 0.15) is 6.42 Å². The predicted molar refractivity (Wildman–Crippen MR) is 82.7 cm³/mol. The maximum Gasteiger partial charge on any atom is 0.227 e. The third-order valence-corrected chi connectivity index (χ3v) is 4.15. The summed E-state index contributed by atoms with van der Waals surface area (Å²) in [7, 11) is -3.29. The number of anilines is 1. The van der Waals surface area contributed by atoms with E-state index in [9.17, 15) is 22.4 Å². The van der Waals surface area contributed by atoms with Gasteiger partial charge in [-0.15, -0.1) is 0 Å². The first kappa shape index (κ1) is 17.4. The molecule has 0 unspecified atom stereocenters. The van der Waals surface area contributed by atoms with Gasteiger partial charge in [0, 0.05) is 31.7 Å². The summed E-state index contributed by atoms with van der Waals surface area (Å²) in [5.74, 6) is -1.41. The van der Waals surface area contributed by atoms with E-state index in [0.29, 0.717) is 5.69 Å². The highest BCUT2D eigenvalue weighted by Gasteiger charge is 2.34. The molecule has 1 saturated heterocycles. The molecular weight excluding hydrogens is 325 g/mol. The van der Waals surface area contributed by atoms with Gasteiger partial charge >= 0.3 is 0 Å². The maximum atomic E-state index is 12.9. The van der Waals surface area contributed by atoms with Crippen LogP contribution in [-0.2, 0) is 19.6 Å². The first-order valence-electron chi connectivity index (χ1n) is 7.04. The number of rotatable bonds is 6. The Kier molecular flexibility index (Phi) is 5.32. The van der Waals surface area contributed by atoms with Gasteiger partial charge < -0.3 is 10.2 Å². The first-order valence-corrected chi connectivity index (χ1v) is 8.93. The summed E-state index contributed by atoms with van der Waals surface area (Å²) in [5, 5.41) is 2.59. The van der Waals surface area contributed by atoms with E-state index in [2.05, 4.69) is 10.0 Å². The van der Waals surface area contributed by atoms with Crippen LogP contribution in [-0.4, -0.2) is 46.1 Å². The smallest absolute Gasteiger partial charge is 0.227 e. The molecule has 1 aliphatic rings. The molecular formula is C14H18FN3O4S. The van der Waals surface area contributed by atoms with Gasteiger partial charge in [0.2, 0.25) is 21.8 Å². The van der Waals surface area contributed by atoms with E-state index in [-0.39, 0.29) is 37.9 Å². The molecule has 2 N–H and O–H groups in total. The summed E-state index contributed by atoms with van der Waals surface area (Å²) < 4.78 is 37.0. The summed E-state index contributed by atoms with van der Waals surface area (Å²) >= 11 is 0. The van der Waals surface area contributed by atoms with Gasteiger partial charge in [-0.2, -0.15) is 0 Å². The Morgan fingerprint density at radius 1 is 1.30 bits per heavy atom. The number of nitrogens with zero attached hydrogens (tertiary/aromatic N) is 1. The third kappa shape index (κ3) is 5.00. The average Bonchev–Trinajstić information content (AvgIpc) is 2.85. The van der Waals surface area contributed by atoms with Gasteiger partial charge in [-0.3, -0.25) is 9.59 Å². The first-order chi connectivity index (χ1) is 10.8. The Hall–Kier alpha value is -2.00. The van der Waals surface area contributed by atoms with Crippen LogP contribution in [0, 0.1) is 11.7 Å². The van der Waals surface area contributed by atoms with Gasteiger partial charge in [-0.25, -0.2) is 17.5 Å². The largest absolute Gasteiger partial charge is 0.354 e. The predicted octanol–water partition coefficient (Wildman–Crippen LogP) is -0.156. The Balaban J connectivity index is 1.86. The van der Waals surface area contributed by atoms with Crippen molar-refractivity contribution in [2.24, 2.45) is 5.92 Å². The second kappa shape index (κ2) is 7.05. The van der Waals surface area contributed by atoms with Gasteiger partial charge in [0.1, 0.15) is 5.82 Å². The standard InChI is InChI=1S/C14H18FN3O4S/c1-23(21,22)17-7-6-16-14(20)10-8-13(19)18(9-10)12-4-2-11(15)3-5-12/h2-5,10,17H,6-9H2,1H3,(H,16,20)/t10-/m1/s1. The monoisotopic (exact) mass is 343 g/mol. The summed E-state index contributed by atoms with van der Waals surface area (Å²) in [5.41, 5.74) is 0.547. The van der Waals surface area contributed by atoms with E-state index in [1.54, 1.807) is 0 Å². The minimum absolute atomic E-state index is 0.0721. The molecule has 0 saturated carbocycles. The molecule has 1 heterocycles. The highest BCUT2D eigenvalue weighted by atomic mass is 32.2. The molecule has 2 rings (SSSR count). The van der Waals surface area contributed by atoms with Crippen molar-refractivity contribution in [3.05, 3.63) is 30.1 Å². The Bertz CT molecular complexity index is 690. The molecule has 0 radical (unpaired) electrons. The van der Waals surface area contributed by atoms with Crippen LogP contribution in [0.5, 0.6) is 0 Å². The molecule has 0 bridgehead atoms. The Morgan fingerprint density at radius 2 is 1.96 bits per heavy atom. The Labute approximate surface area is 133 Å². The summed E-state index contributed by atoms with van der Waals surface area (Å²) in [6, 6.07) is 5.49. The molecule has 23 heavy (non-hydrogen) atoms. The maximum absolute atomic E-state index is 12.9. The number of sulfonamides is 1. The van der Waals surface area contributed by atoms with Gasteiger partial charge in [-0.05, 0) is 24.3 Å². The van der Waals surface area contributed by atoms with Crippen molar-refractivity contribution in [1.82, 2.24) is 10.0 Å². The second-order valence-corrected chi connectivity index (χ2v) is 7.17. The fourth-order valence-electron chi connectivity index (χ4n) is 2.32. The van der Waals surface area contributed by atoms with E-state index in [0.717, 1.165) is 6.26 Å². The van der Waals surface area contributed by atoms with Crippen molar-refractivity contribution in [3.63, 3.8) is 0 Å². The quantitative estimate of drug-likeness (QED) is 0.702. The van der Waals surface area contributed by atoms with E-state index in [1.807, 2.05) is 0 Å². The van der Waals surface area contributed by atoms with Crippen LogP contribution >= 0.6 is 0 Å². The van der Waals surface area contributed by atoms with Crippen molar-refractivity contribution in [1.29, 1.82) is 0 Å². The van der Waals surface area contributed by atoms with Gasteiger partial charge in [0.25, 0.3) is 0 Å². The zero-order chi connectivity index (χ0) is 17.0. The van der Waals surface area contributed by atoms with Crippen molar-refractivity contribution in [3.8, 4) is 0 Å². The summed E-state index contributed by atoms with van der Waals surface area (Å²) in [6.07, 6.45) is 1.10. The number of benzene rings is 1. The summed E-state index contributed by atoms with van der Waals surface area (Å²) in [4.78, 5) is 25.5. The SMILES string of the molecule is CS(=O)(=O)NCCNC(=O)[C@@H]1CC(=O)N(c2ccc(F)cc2)C1. The normalized spacial score (nSPS) is 18.3. The van der Waals surface area contributed by atoms with E-state index >= 15 is 0 Å².